The predicted octanol–water partition coefficient (Wildman–Crippen LogP) is 5.78. The Morgan fingerprint density at radius 1 is 1.06 bits per heavy atom. The Balaban J connectivity index is 1.38. The van der Waals surface area contributed by atoms with Gasteiger partial charge in [0.05, 0.1) is 15.6 Å². The van der Waals surface area contributed by atoms with Gasteiger partial charge in [0, 0.05) is 19.0 Å². The molecule has 0 radical (unpaired) electrons. The number of anilines is 1. The SMILES string of the molecule is O=C(C1CCN(S(=O)(=O)c2ccc(Cl)s2)CC1)N(Cc1ccccc1)c1nc2c(F)cccc2s1. The zero-order chi connectivity index (χ0) is 24.6. The van der Waals surface area contributed by atoms with Gasteiger partial charge in [0.2, 0.25) is 5.91 Å². The molecule has 5 rings (SSSR count). The van der Waals surface area contributed by atoms with Crippen LogP contribution in [-0.2, 0) is 21.4 Å². The quantitative estimate of drug-likeness (QED) is 0.305. The maximum atomic E-state index is 14.3. The fourth-order valence-electron chi connectivity index (χ4n) is 4.15. The summed E-state index contributed by atoms with van der Waals surface area (Å²) in [5.74, 6) is -0.928. The minimum atomic E-state index is -3.64. The molecule has 1 saturated heterocycles. The number of halogens is 2. The first-order valence-corrected chi connectivity index (χ1v) is 14.4. The minimum absolute atomic E-state index is 0.135. The number of para-hydroxylation sites is 1. The van der Waals surface area contributed by atoms with E-state index in [0.717, 1.165) is 16.9 Å². The number of piperidine rings is 1. The zero-order valence-electron chi connectivity index (χ0n) is 18.4. The largest absolute Gasteiger partial charge is 0.283 e. The van der Waals surface area contributed by atoms with Gasteiger partial charge in [-0.25, -0.2) is 17.8 Å². The van der Waals surface area contributed by atoms with Crippen LogP contribution in [0.25, 0.3) is 10.2 Å². The fourth-order valence-corrected chi connectivity index (χ4v) is 8.24. The molecule has 3 heterocycles. The van der Waals surface area contributed by atoms with E-state index in [1.165, 1.54) is 27.8 Å². The smallest absolute Gasteiger partial charge is 0.252 e. The third kappa shape index (κ3) is 4.99. The Labute approximate surface area is 215 Å². The van der Waals surface area contributed by atoms with Crippen LogP contribution in [-0.4, -0.2) is 36.7 Å². The van der Waals surface area contributed by atoms with Gasteiger partial charge in [0.1, 0.15) is 15.5 Å². The van der Waals surface area contributed by atoms with Gasteiger partial charge >= 0.3 is 0 Å². The molecule has 1 aliphatic heterocycles. The highest BCUT2D eigenvalue weighted by Crippen LogP contribution is 2.35. The molecular formula is C24H21ClFN3O3S3. The van der Waals surface area contributed by atoms with E-state index in [1.54, 1.807) is 23.1 Å². The molecule has 0 aliphatic carbocycles. The molecule has 4 aromatic rings. The molecule has 0 unspecified atom stereocenters. The summed E-state index contributed by atoms with van der Waals surface area (Å²) in [6, 6.07) is 17.4. The second kappa shape index (κ2) is 9.94. The van der Waals surface area contributed by atoms with Crippen LogP contribution in [0.5, 0.6) is 0 Å². The van der Waals surface area contributed by atoms with Gasteiger partial charge in [-0.3, -0.25) is 9.69 Å². The molecule has 0 N–H and O–H groups in total. The lowest BCUT2D eigenvalue weighted by molar-refractivity contribution is -0.123. The maximum absolute atomic E-state index is 14.3. The molecule has 0 atom stereocenters. The van der Waals surface area contributed by atoms with Crippen LogP contribution in [0.4, 0.5) is 9.52 Å². The summed E-state index contributed by atoms with van der Waals surface area (Å²) in [4.78, 5) is 19.8. The molecule has 1 amide bonds. The number of carbonyl (C=O) groups is 1. The van der Waals surface area contributed by atoms with Crippen molar-refractivity contribution in [2.75, 3.05) is 18.0 Å². The number of nitrogens with zero attached hydrogens (tertiary/aromatic N) is 3. The van der Waals surface area contributed by atoms with Crippen LogP contribution < -0.4 is 4.90 Å². The highest BCUT2D eigenvalue weighted by Gasteiger charge is 2.35. The molecule has 182 valence electrons. The number of rotatable bonds is 6. The molecule has 6 nitrogen and oxygen atoms in total. The van der Waals surface area contributed by atoms with Gasteiger partial charge < -0.3 is 0 Å². The first kappa shape index (κ1) is 24.3. The summed E-state index contributed by atoms with van der Waals surface area (Å²) in [6.07, 6.45) is 0.781. The third-order valence-corrected chi connectivity index (χ3v) is 10.6. The van der Waals surface area contributed by atoms with Crippen LogP contribution in [0.1, 0.15) is 18.4 Å². The normalized spacial score (nSPS) is 15.5. The van der Waals surface area contributed by atoms with Gasteiger partial charge in [-0.15, -0.1) is 11.3 Å². The molecule has 11 heteroatoms. The highest BCUT2D eigenvalue weighted by atomic mass is 35.5. The van der Waals surface area contributed by atoms with Gasteiger partial charge in [-0.2, -0.15) is 4.31 Å². The van der Waals surface area contributed by atoms with Crippen LogP contribution in [0.15, 0.2) is 64.9 Å². The lowest BCUT2D eigenvalue weighted by Gasteiger charge is -2.32. The number of benzene rings is 2. The molecule has 1 fully saturated rings. The van der Waals surface area contributed by atoms with Crippen molar-refractivity contribution in [2.24, 2.45) is 5.92 Å². The Bertz CT molecular complexity index is 1460. The Hall–Kier alpha value is -2.37. The molecule has 0 bridgehead atoms. The summed E-state index contributed by atoms with van der Waals surface area (Å²) in [6.45, 7) is 0.775. The summed E-state index contributed by atoms with van der Waals surface area (Å²) < 4.78 is 42.9. The van der Waals surface area contributed by atoms with E-state index in [2.05, 4.69) is 4.98 Å². The molecule has 2 aromatic heterocycles. The molecule has 35 heavy (non-hydrogen) atoms. The van der Waals surface area contributed by atoms with Crippen LogP contribution in [0.3, 0.4) is 0 Å². The predicted molar refractivity (Wildman–Crippen MR) is 138 cm³/mol. The zero-order valence-corrected chi connectivity index (χ0v) is 21.6. The number of amides is 1. The third-order valence-electron chi connectivity index (χ3n) is 5.98. The van der Waals surface area contributed by atoms with Crippen LogP contribution in [0.2, 0.25) is 4.34 Å². The lowest BCUT2D eigenvalue weighted by Crippen LogP contribution is -2.44. The van der Waals surface area contributed by atoms with E-state index in [4.69, 9.17) is 11.6 Å². The number of thiazole rings is 1. The first-order chi connectivity index (χ1) is 16.8. The number of thiophene rings is 1. The maximum Gasteiger partial charge on any atom is 0.252 e. The topological polar surface area (TPSA) is 70.6 Å². The van der Waals surface area contributed by atoms with Crippen molar-refractivity contribution in [2.45, 2.75) is 23.6 Å². The van der Waals surface area contributed by atoms with E-state index in [-0.39, 0.29) is 34.6 Å². The summed E-state index contributed by atoms with van der Waals surface area (Å²) >= 11 is 8.22. The van der Waals surface area contributed by atoms with Gasteiger partial charge in [-0.05, 0) is 42.7 Å². The standard InChI is InChI=1S/C24H21ClFN3O3S3/c25-20-9-10-21(34-20)35(31,32)28-13-11-17(12-14-28)23(30)29(15-16-5-2-1-3-6-16)24-27-22-18(26)7-4-8-19(22)33-24/h1-10,17H,11-15H2. The average Bonchev–Trinajstić information content (AvgIpc) is 3.50. The number of fused-ring (bicyclic) bond motifs is 1. The van der Waals surface area contributed by atoms with Crippen LogP contribution in [0, 0.1) is 11.7 Å². The van der Waals surface area contributed by atoms with Crippen molar-refractivity contribution in [1.82, 2.24) is 9.29 Å². The van der Waals surface area contributed by atoms with Gasteiger partial charge in [-0.1, -0.05) is 59.3 Å². The van der Waals surface area contributed by atoms with Crippen molar-refractivity contribution >= 4 is 65.6 Å². The van der Waals surface area contributed by atoms with Crippen molar-refractivity contribution in [3.63, 3.8) is 0 Å². The molecular weight excluding hydrogens is 529 g/mol. The van der Waals surface area contributed by atoms with Crippen molar-refractivity contribution in [3.05, 3.63) is 76.4 Å². The lowest BCUT2D eigenvalue weighted by atomic mass is 9.96. The van der Waals surface area contributed by atoms with E-state index >= 15 is 0 Å². The van der Waals surface area contributed by atoms with Crippen molar-refractivity contribution in [3.8, 4) is 0 Å². The van der Waals surface area contributed by atoms with E-state index < -0.39 is 15.8 Å². The van der Waals surface area contributed by atoms with Gasteiger partial charge in [0.15, 0.2) is 5.13 Å². The van der Waals surface area contributed by atoms with Crippen molar-refractivity contribution < 1.29 is 17.6 Å². The summed E-state index contributed by atoms with van der Waals surface area (Å²) in [7, 11) is -3.64. The Morgan fingerprint density at radius 2 is 1.80 bits per heavy atom. The summed E-state index contributed by atoms with van der Waals surface area (Å²) in [5.41, 5.74) is 1.17. The van der Waals surface area contributed by atoms with Crippen molar-refractivity contribution in [1.29, 1.82) is 0 Å². The molecule has 0 spiro atoms. The van der Waals surface area contributed by atoms with E-state index in [9.17, 15) is 17.6 Å². The molecule has 2 aromatic carbocycles. The van der Waals surface area contributed by atoms with E-state index in [1.807, 2.05) is 30.3 Å². The monoisotopic (exact) mass is 549 g/mol. The average molecular weight is 550 g/mol. The fraction of sp³-hybridized carbons (Fsp3) is 0.250. The Kier molecular flexibility index (Phi) is 6.91. The number of sulfonamides is 1. The molecule has 1 aliphatic rings. The number of aromatic nitrogens is 1. The second-order valence-electron chi connectivity index (χ2n) is 8.23. The minimum Gasteiger partial charge on any atom is -0.283 e. The summed E-state index contributed by atoms with van der Waals surface area (Å²) in [5, 5.41) is 0.433. The number of hydrogen-bond acceptors (Lipinski definition) is 6. The van der Waals surface area contributed by atoms with Crippen LogP contribution >= 0.6 is 34.3 Å². The first-order valence-electron chi connectivity index (χ1n) is 11.0. The van der Waals surface area contributed by atoms with E-state index in [0.29, 0.717) is 33.6 Å². The highest BCUT2D eigenvalue weighted by molar-refractivity contribution is 7.91. The second-order valence-corrected chi connectivity index (χ2v) is 13.1. The number of carbonyl (C=O) groups excluding carboxylic acids is 1. The molecule has 0 saturated carbocycles. The Morgan fingerprint density at radius 3 is 2.46 bits per heavy atom. The number of hydrogen-bond donors (Lipinski definition) is 0. The van der Waals surface area contributed by atoms with Gasteiger partial charge in [0.25, 0.3) is 10.0 Å².